The Hall–Kier alpha value is -1.43. The standard InChI is InChI=1S/C15H24N4O2/c1-11-17-15(18-21-11)13-3-2-10-19(13)14(20)5-4-12-6-8-16-9-7-12/h12-13,16H,2-10H2,1H3. The number of likely N-dealkylation sites (tertiary alicyclic amines) is 1. The zero-order valence-electron chi connectivity index (χ0n) is 12.7. The van der Waals surface area contributed by atoms with Gasteiger partial charge in [-0.15, -0.1) is 0 Å². The summed E-state index contributed by atoms with van der Waals surface area (Å²) in [5, 5.41) is 7.36. The van der Waals surface area contributed by atoms with Crippen LogP contribution in [-0.4, -0.2) is 40.6 Å². The molecular weight excluding hydrogens is 268 g/mol. The molecule has 2 saturated heterocycles. The minimum Gasteiger partial charge on any atom is -0.340 e. The molecule has 6 nitrogen and oxygen atoms in total. The van der Waals surface area contributed by atoms with Gasteiger partial charge in [0, 0.05) is 19.9 Å². The Kier molecular flexibility index (Phi) is 4.53. The van der Waals surface area contributed by atoms with E-state index in [4.69, 9.17) is 4.52 Å². The second-order valence-electron chi connectivity index (χ2n) is 6.15. The summed E-state index contributed by atoms with van der Waals surface area (Å²) in [7, 11) is 0. The van der Waals surface area contributed by atoms with Gasteiger partial charge in [0.25, 0.3) is 0 Å². The Bertz CT molecular complexity index is 482. The van der Waals surface area contributed by atoms with Gasteiger partial charge in [0.2, 0.25) is 11.8 Å². The van der Waals surface area contributed by atoms with Crippen molar-refractivity contribution in [3.8, 4) is 0 Å². The summed E-state index contributed by atoms with van der Waals surface area (Å²) in [6, 6.07) is 0.0166. The van der Waals surface area contributed by atoms with Gasteiger partial charge in [-0.05, 0) is 51.1 Å². The van der Waals surface area contributed by atoms with Gasteiger partial charge >= 0.3 is 0 Å². The average molecular weight is 292 g/mol. The molecule has 6 heteroatoms. The van der Waals surface area contributed by atoms with E-state index in [0.717, 1.165) is 38.9 Å². The van der Waals surface area contributed by atoms with Crippen molar-refractivity contribution in [3.05, 3.63) is 11.7 Å². The highest BCUT2D eigenvalue weighted by molar-refractivity contribution is 5.76. The van der Waals surface area contributed by atoms with Crippen LogP contribution in [-0.2, 0) is 4.79 Å². The van der Waals surface area contributed by atoms with E-state index in [0.29, 0.717) is 24.1 Å². The maximum Gasteiger partial charge on any atom is 0.223 e. The number of hydrogen-bond donors (Lipinski definition) is 1. The van der Waals surface area contributed by atoms with Crippen LogP contribution in [0.4, 0.5) is 0 Å². The van der Waals surface area contributed by atoms with E-state index in [1.807, 2.05) is 4.90 Å². The van der Waals surface area contributed by atoms with E-state index in [1.165, 1.54) is 12.8 Å². The van der Waals surface area contributed by atoms with Crippen LogP contribution < -0.4 is 5.32 Å². The molecule has 3 rings (SSSR count). The molecule has 0 saturated carbocycles. The Morgan fingerprint density at radius 1 is 1.38 bits per heavy atom. The first-order valence-corrected chi connectivity index (χ1v) is 8.04. The first-order valence-electron chi connectivity index (χ1n) is 8.04. The molecule has 3 heterocycles. The average Bonchev–Trinajstić information content (AvgIpc) is 3.14. The molecule has 1 unspecified atom stereocenters. The number of carbonyl (C=O) groups excluding carboxylic acids is 1. The van der Waals surface area contributed by atoms with Crippen molar-refractivity contribution in [1.29, 1.82) is 0 Å². The third-order valence-corrected chi connectivity index (χ3v) is 4.64. The summed E-state index contributed by atoms with van der Waals surface area (Å²) in [4.78, 5) is 18.7. The molecule has 1 aromatic heterocycles. The number of carbonyl (C=O) groups is 1. The Labute approximate surface area is 125 Å². The molecule has 2 aliphatic heterocycles. The molecule has 21 heavy (non-hydrogen) atoms. The summed E-state index contributed by atoms with van der Waals surface area (Å²) in [5.41, 5.74) is 0. The molecule has 0 aliphatic carbocycles. The number of hydrogen-bond acceptors (Lipinski definition) is 5. The van der Waals surface area contributed by atoms with Crippen molar-refractivity contribution < 1.29 is 9.32 Å². The van der Waals surface area contributed by atoms with E-state index >= 15 is 0 Å². The monoisotopic (exact) mass is 292 g/mol. The summed E-state index contributed by atoms with van der Waals surface area (Å²) in [5.74, 6) is 2.18. The van der Waals surface area contributed by atoms with E-state index in [2.05, 4.69) is 15.5 Å². The lowest BCUT2D eigenvalue weighted by atomic mass is 9.93. The SMILES string of the molecule is Cc1nc(C2CCCN2C(=O)CCC2CCNCC2)no1. The van der Waals surface area contributed by atoms with Crippen molar-refractivity contribution in [1.82, 2.24) is 20.4 Å². The van der Waals surface area contributed by atoms with Crippen LogP contribution in [0.5, 0.6) is 0 Å². The fraction of sp³-hybridized carbons (Fsp3) is 0.800. The van der Waals surface area contributed by atoms with E-state index < -0.39 is 0 Å². The smallest absolute Gasteiger partial charge is 0.223 e. The maximum absolute atomic E-state index is 12.5. The lowest BCUT2D eigenvalue weighted by Gasteiger charge is -2.25. The van der Waals surface area contributed by atoms with Gasteiger partial charge in [0.15, 0.2) is 5.82 Å². The van der Waals surface area contributed by atoms with Crippen LogP contribution in [0.15, 0.2) is 4.52 Å². The number of aryl methyl sites for hydroxylation is 1. The normalized spacial score (nSPS) is 23.7. The number of amides is 1. The van der Waals surface area contributed by atoms with Gasteiger partial charge in [0.05, 0.1) is 6.04 Å². The van der Waals surface area contributed by atoms with Gasteiger partial charge in [-0.25, -0.2) is 0 Å². The molecule has 2 aliphatic rings. The highest BCUT2D eigenvalue weighted by Gasteiger charge is 2.33. The quantitative estimate of drug-likeness (QED) is 0.916. The van der Waals surface area contributed by atoms with Gasteiger partial charge in [-0.3, -0.25) is 4.79 Å². The van der Waals surface area contributed by atoms with E-state index in [-0.39, 0.29) is 11.9 Å². The van der Waals surface area contributed by atoms with Crippen LogP contribution in [0.3, 0.4) is 0 Å². The van der Waals surface area contributed by atoms with Gasteiger partial charge in [-0.2, -0.15) is 4.98 Å². The molecule has 1 atom stereocenters. The molecular formula is C15H24N4O2. The second-order valence-corrected chi connectivity index (χ2v) is 6.15. The third-order valence-electron chi connectivity index (χ3n) is 4.64. The largest absolute Gasteiger partial charge is 0.340 e. The second kappa shape index (κ2) is 6.56. The summed E-state index contributed by atoms with van der Waals surface area (Å²) >= 11 is 0. The number of nitrogens with zero attached hydrogens (tertiary/aromatic N) is 3. The lowest BCUT2D eigenvalue weighted by Crippen LogP contribution is -2.32. The van der Waals surface area contributed by atoms with Crippen molar-refractivity contribution in [3.63, 3.8) is 0 Å². The van der Waals surface area contributed by atoms with E-state index in [1.54, 1.807) is 6.92 Å². The topological polar surface area (TPSA) is 71.3 Å². The molecule has 116 valence electrons. The Balaban J connectivity index is 1.55. The lowest BCUT2D eigenvalue weighted by molar-refractivity contribution is -0.132. The Morgan fingerprint density at radius 3 is 2.90 bits per heavy atom. The molecule has 1 aromatic rings. The van der Waals surface area contributed by atoms with Crippen molar-refractivity contribution >= 4 is 5.91 Å². The maximum atomic E-state index is 12.5. The minimum absolute atomic E-state index is 0.0166. The molecule has 2 fully saturated rings. The minimum atomic E-state index is 0.0166. The first kappa shape index (κ1) is 14.5. The van der Waals surface area contributed by atoms with Gasteiger partial charge < -0.3 is 14.7 Å². The number of rotatable bonds is 4. The fourth-order valence-corrected chi connectivity index (χ4v) is 3.43. The molecule has 1 amide bonds. The molecule has 1 N–H and O–H groups in total. The number of piperidine rings is 1. The van der Waals surface area contributed by atoms with Crippen LogP contribution >= 0.6 is 0 Å². The molecule has 0 radical (unpaired) electrons. The van der Waals surface area contributed by atoms with Gasteiger partial charge in [0.1, 0.15) is 0 Å². The van der Waals surface area contributed by atoms with Crippen LogP contribution in [0.2, 0.25) is 0 Å². The van der Waals surface area contributed by atoms with Crippen molar-refractivity contribution in [2.45, 2.75) is 51.5 Å². The summed E-state index contributed by atoms with van der Waals surface area (Å²) < 4.78 is 5.05. The van der Waals surface area contributed by atoms with Crippen LogP contribution in [0.25, 0.3) is 0 Å². The molecule has 0 aromatic carbocycles. The molecule has 0 spiro atoms. The summed E-state index contributed by atoms with van der Waals surface area (Å²) in [6.07, 6.45) is 6.02. The Morgan fingerprint density at radius 2 is 2.19 bits per heavy atom. The highest BCUT2D eigenvalue weighted by atomic mass is 16.5. The zero-order valence-corrected chi connectivity index (χ0v) is 12.7. The van der Waals surface area contributed by atoms with Crippen LogP contribution in [0, 0.1) is 12.8 Å². The third kappa shape index (κ3) is 3.43. The van der Waals surface area contributed by atoms with Gasteiger partial charge in [-0.1, -0.05) is 5.16 Å². The molecule has 0 bridgehead atoms. The number of nitrogens with one attached hydrogen (secondary N) is 1. The fourth-order valence-electron chi connectivity index (χ4n) is 3.43. The van der Waals surface area contributed by atoms with Crippen molar-refractivity contribution in [2.75, 3.05) is 19.6 Å². The predicted octanol–water partition coefficient (Wildman–Crippen LogP) is 1.82. The van der Waals surface area contributed by atoms with Crippen LogP contribution in [0.1, 0.15) is 56.3 Å². The van der Waals surface area contributed by atoms with E-state index in [9.17, 15) is 4.79 Å². The van der Waals surface area contributed by atoms with Crippen molar-refractivity contribution in [2.24, 2.45) is 5.92 Å². The zero-order chi connectivity index (χ0) is 14.7. The predicted molar refractivity (Wildman–Crippen MR) is 77.6 cm³/mol. The number of aromatic nitrogens is 2. The highest BCUT2D eigenvalue weighted by Crippen LogP contribution is 2.31. The first-order chi connectivity index (χ1) is 10.2. The summed E-state index contributed by atoms with van der Waals surface area (Å²) in [6.45, 7) is 4.79.